The van der Waals surface area contributed by atoms with Gasteiger partial charge in [-0.1, -0.05) is 30.7 Å². The van der Waals surface area contributed by atoms with Crippen molar-refractivity contribution in [2.24, 2.45) is 5.41 Å². The van der Waals surface area contributed by atoms with Crippen LogP contribution in [0.1, 0.15) is 31.7 Å². The van der Waals surface area contributed by atoms with E-state index >= 15 is 0 Å². The van der Waals surface area contributed by atoms with Crippen LogP contribution in [0.25, 0.3) is 0 Å². The Bertz CT molecular complexity index is 577. The molecule has 1 heterocycles. The maximum atomic E-state index is 12.7. The minimum absolute atomic E-state index is 0.0117. The normalized spacial score (nSPS) is 24.5. The fraction of sp³-hybridized carbons (Fsp3) is 0.500. The molecule has 0 bridgehead atoms. The van der Waals surface area contributed by atoms with Gasteiger partial charge in [-0.2, -0.15) is 4.31 Å². The Morgan fingerprint density at radius 1 is 1.35 bits per heavy atom. The first-order valence-electron chi connectivity index (χ1n) is 7.05. The summed E-state index contributed by atoms with van der Waals surface area (Å²) in [4.78, 5) is 0.394. The Labute approximate surface area is 122 Å². The lowest BCUT2D eigenvalue weighted by atomic mass is 9.80. The third-order valence-corrected chi connectivity index (χ3v) is 5.90. The van der Waals surface area contributed by atoms with Crippen LogP contribution in [0.5, 0.6) is 0 Å². The summed E-state index contributed by atoms with van der Waals surface area (Å²) in [5, 5.41) is 0. The summed E-state index contributed by atoms with van der Waals surface area (Å²) in [6.45, 7) is 9.08. The largest absolute Gasteiger partial charge is 0.243 e. The fourth-order valence-corrected chi connectivity index (χ4v) is 4.47. The first-order valence-corrected chi connectivity index (χ1v) is 8.49. The molecule has 0 spiro atoms. The number of allylic oxidation sites excluding steroid dienone is 1. The lowest BCUT2D eigenvalue weighted by Crippen LogP contribution is -2.44. The Morgan fingerprint density at radius 3 is 2.60 bits per heavy atom. The molecule has 1 unspecified atom stereocenters. The van der Waals surface area contributed by atoms with Crippen molar-refractivity contribution in [3.8, 4) is 0 Å². The number of rotatable bonds is 4. The molecule has 1 aliphatic rings. The molecule has 4 heteroatoms. The van der Waals surface area contributed by atoms with E-state index in [1.165, 1.54) is 0 Å². The molecular weight excluding hydrogens is 270 g/mol. The third-order valence-electron chi connectivity index (χ3n) is 4.04. The third kappa shape index (κ3) is 3.13. The Hall–Kier alpha value is -1.13. The molecule has 0 N–H and O–H groups in total. The molecule has 1 atom stereocenters. The number of hydrogen-bond donors (Lipinski definition) is 0. The second-order valence-corrected chi connectivity index (χ2v) is 8.00. The molecule has 1 aliphatic heterocycles. The maximum Gasteiger partial charge on any atom is 0.243 e. The van der Waals surface area contributed by atoms with Crippen LogP contribution in [-0.2, 0) is 10.0 Å². The molecule has 20 heavy (non-hydrogen) atoms. The highest BCUT2D eigenvalue weighted by Crippen LogP contribution is 2.35. The Balaban J connectivity index is 2.25. The molecular formula is C16H23NO2S. The molecule has 3 nitrogen and oxygen atoms in total. The molecule has 110 valence electrons. The van der Waals surface area contributed by atoms with E-state index in [2.05, 4.69) is 13.5 Å². The number of sulfonamides is 1. The van der Waals surface area contributed by atoms with E-state index < -0.39 is 10.0 Å². The van der Waals surface area contributed by atoms with Gasteiger partial charge < -0.3 is 0 Å². The fourth-order valence-electron chi connectivity index (χ4n) is 2.85. The van der Waals surface area contributed by atoms with Gasteiger partial charge in [0.1, 0.15) is 0 Å². The zero-order valence-electron chi connectivity index (χ0n) is 12.3. The molecule has 0 aliphatic carbocycles. The Morgan fingerprint density at radius 2 is 2.00 bits per heavy atom. The quantitative estimate of drug-likeness (QED) is 0.798. The minimum atomic E-state index is -3.37. The number of hydrogen-bond acceptors (Lipinski definition) is 2. The summed E-state index contributed by atoms with van der Waals surface area (Å²) in [5.41, 5.74) is 1.08. The van der Waals surface area contributed by atoms with Crippen LogP contribution in [0.4, 0.5) is 0 Å². The standard InChI is InChI=1S/C16H23NO2S/c1-4-10-16(3)11-5-12-17(13-16)20(18,19)15-8-6-14(2)7-9-15/h4,6-9H,1,5,10-13H2,2-3H3. The maximum absolute atomic E-state index is 12.7. The molecule has 0 saturated carbocycles. The topological polar surface area (TPSA) is 37.4 Å². The molecule has 1 fully saturated rings. The number of nitrogens with zero attached hydrogens (tertiary/aromatic N) is 1. The Kier molecular flexibility index (Phi) is 4.35. The number of piperidine rings is 1. The monoisotopic (exact) mass is 293 g/mol. The van der Waals surface area contributed by atoms with Gasteiger partial charge in [-0.25, -0.2) is 8.42 Å². The van der Waals surface area contributed by atoms with Crippen LogP contribution < -0.4 is 0 Å². The summed E-state index contributed by atoms with van der Waals surface area (Å²) in [5.74, 6) is 0. The highest BCUT2D eigenvalue weighted by Gasteiger charge is 2.36. The first-order chi connectivity index (χ1) is 9.37. The van der Waals surface area contributed by atoms with Gasteiger partial charge in [0.2, 0.25) is 10.0 Å². The van der Waals surface area contributed by atoms with Gasteiger partial charge in [-0.05, 0) is 43.7 Å². The van der Waals surface area contributed by atoms with E-state index in [0.29, 0.717) is 18.0 Å². The van der Waals surface area contributed by atoms with Crippen molar-refractivity contribution in [3.05, 3.63) is 42.5 Å². The first kappa shape index (κ1) is 15.3. The van der Waals surface area contributed by atoms with Crippen molar-refractivity contribution in [1.82, 2.24) is 4.31 Å². The molecule has 0 radical (unpaired) electrons. The van der Waals surface area contributed by atoms with Crippen molar-refractivity contribution < 1.29 is 8.42 Å². The smallest absolute Gasteiger partial charge is 0.207 e. The van der Waals surface area contributed by atoms with E-state index in [4.69, 9.17) is 0 Å². The van der Waals surface area contributed by atoms with Crippen LogP contribution in [0.2, 0.25) is 0 Å². The molecule has 2 rings (SSSR count). The van der Waals surface area contributed by atoms with E-state index in [0.717, 1.165) is 24.8 Å². The zero-order valence-corrected chi connectivity index (χ0v) is 13.1. The highest BCUT2D eigenvalue weighted by atomic mass is 32.2. The van der Waals surface area contributed by atoms with Gasteiger partial charge in [0.15, 0.2) is 0 Å². The van der Waals surface area contributed by atoms with E-state index in [-0.39, 0.29) is 5.41 Å². The van der Waals surface area contributed by atoms with Crippen molar-refractivity contribution in [1.29, 1.82) is 0 Å². The molecule has 0 aromatic heterocycles. The predicted octanol–water partition coefficient (Wildman–Crippen LogP) is 3.36. The van der Waals surface area contributed by atoms with Crippen LogP contribution in [0.15, 0.2) is 41.8 Å². The summed E-state index contributed by atoms with van der Waals surface area (Å²) < 4.78 is 27.0. The summed E-state index contributed by atoms with van der Waals surface area (Å²) in [6.07, 6.45) is 4.71. The minimum Gasteiger partial charge on any atom is -0.207 e. The zero-order chi connectivity index (χ0) is 14.8. The van der Waals surface area contributed by atoms with Gasteiger partial charge in [-0.15, -0.1) is 6.58 Å². The molecule has 1 aromatic carbocycles. The van der Waals surface area contributed by atoms with E-state index in [9.17, 15) is 8.42 Å². The predicted molar refractivity (Wildman–Crippen MR) is 82.1 cm³/mol. The second-order valence-electron chi connectivity index (χ2n) is 6.06. The average molecular weight is 293 g/mol. The van der Waals surface area contributed by atoms with E-state index in [1.54, 1.807) is 16.4 Å². The van der Waals surface area contributed by atoms with Gasteiger partial charge in [0, 0.05) is 13.1 Å². The number of benzene rings is 1. The summed E-state index contributed by atoms with van der Waals surface area (Å²) >= 11 is 0. The van der Waals surface area contributed by atoms with Gasteiger partial charge in [0.25, 0.3) is 0 Å². The average Bonchev–Trinajstić information content (AvgIpc) is 2.39. The van der Waals surface area contributed by atoms with Crippen molar-refractivity contribution in [3.63, 3.8) is 0 Å². The van der Waals surface area contributed by atoms with Crippen LogP contribution in [0.3, 0.4) is 0 Å². The van der Waals surface area contributed by atoms with Crippen molar-refractivity contribution in [2.45, 2.75) is 38.0 Å². The van der Waals surface area contributed by atoms with Crippen molar-refractivity contribution in [2.75, 3.05) is 13.1 Å². The summed E-state index contributed by atoms with van der Waals surface area (Å²) in [7, 11) is -3.37. The lowest BCUT2D eigenvalue weighted by molar-refractivity contribution is 0.169. The van der Waals surface area contributed by atoms with E-state index in [1.807, 2.05) is 25.1 Å². The van der Waals surface area contributed by atoms with Gasteiger partial charge in [-0.3, -0.25) is 0 Å². The van der Waals surface area contributed by atoms with Gasteiger partial charge in [0.05, 0.1) is 4.90 Å². The SMILES string of the molecule is C=CCC1(C)CCCN(S(=O)(=O)c2ccc(C)cc2)C1. The second kappa shape index (κ2) is 5.70. The number of aryl methyl sites for hydroxylation is 1. The molecule has 0 amide bonds. The molecule has 1 aromatic rings. The lowest BCUT2D eigenvalue weighted by Gasteiger charge is -2.39. The highest BCUT2D eigenvalue weighted by molar-refractivity contribution is 7.89. The van der Waals surface area contributed by atoms with Crippen LogP contribution in [-0.4, -0.2) is 25.8 Å². The van der Waals surface area contributed by atoms with Gasteiger partial charge >= 0.3 is 0 Å². The van der Waals surface area contributed by atoms with Crippen LogP contribution >= 0.6 is 0 Å². The van der Waals surface area contributed by atoms with Crippen LogP contribution in [0, 0.1) is 12.3 Å². The summed E-state index contributed by atoms with van der Waals surface area (Å²) in [6, 6.07) is 7.09. The van der Waals surface area contributed by atoms with Crippen molar-refractivity contribution >= 4 is 10.0 Å². The molecule has 1 saturated heterocycles.